The molecule has 0 heterocycles. The SMILES string of the molecule is CCCNCC(c1ccccc1)N(CC)CC(C)C. The van der Waals surface area contributed by atoms with Crippen molar-refractivity contribution in [2.75, 3.05) is 26.2 Å². The van der Waals surface area contributed by atoms with Crippen molar-refractivity contribution in [2.45, 2.75) is 40.2 Å². The molecule has 1 aromatic carbocycles. The normalized spacial score (nSPS) is 13.2. The molecule has 2 heteroatoms. The van der Waals surface area contributed by atoms with E-state index in [1.165, 1.54) is 12.0 Å². The Hall–Kier alpha value is -0.860. The summed E-state index contributed by atoms with van der Waals surface area (Å²) in [6.45, 7) is 13.5. The molecule has 108 valence electrons. The Kier molecular flexibility index (Phi) is 7.76. The smallest absolute Gasteiger partial charge is 0.0472 e. The van der Waals surface area contributed by atoms with Gasteiger partial charge in [0.1, 0.15) is 0 Å². The first-order valence-corrected chi connectivity index (χ1v) is 7.68. The summed E-state index contributed by atoms with van der Waals surface area (Å²) in [7, 11) is 0. The van der Waals surface area contributed by atoms with Gasteiger partial charge in [-0.15, -0.1) is 0 Å². The van der Waals surface area contributed by atoms with Crippen LogP contribution in [0, 0.1) is 5.92 Å². The second-order valence-electron chi connectivity index (χ2n) is 5.61. The molecular weight excluding hydrogens is 232 g/mol. The summed E-state index contributed by atoms with van der Waals surface area (Å²) in [5, 5.41) is 3.58. The van der Waals surface area contributed by atoms with Gasteiger partial charge in [0.2, 0.25) is 0 Å². The van der Waals surface area contributed by atoms with Crippen molar-refractivity contribution in [3.8, 4) is 0 Å². The number of likely N-dealkylation sites (N-methyl/N-ethyl adjacent to an activating group) is 1. The molecule has 0 saturated carbocycles. The Morgan fingerprint density at radius 1 is 1.11 bits per heavy atom. The number of hydrogen-bond acceptors (Lipinski definition) is 2. The highest BCUT2D eigenvalue weighted by Crippen LogP contribution is 2.20. The molecule has 0 aromatic heterocycles. The largest absolute Gasteiger partial charge is 0.315 e. The van der Waals surface area contributed by atoms with E-state index in [1.54, 1.807) is 0 Å². The van der Waals surface area contributed by atoms with Crippen molar-refractivity contribution in [3.63, 3.8) is 0 Å². The van der Waals surface area contributed by atoms with E-state index in [1.807, 2.05) is 0 Å². The fourth-order valence-corrected chi connectivity index (χ4v) is 2.49. The lowest BCUT2D eigenvalue weighted by Crippen LogP contribution is -2.38. The van der Waals surface area contributed by atoms with E-state index in [0.717, 1.165) is 26.2 Å². The molecule has 0 radical (unpaired) electrons. The lowest BCUT2D eigenvalue weighted by atomic mass is 10.0. The predicted molar refractivity (Wildman–Crippen MR) is 84.4 cm³/mol. The van der Waals surface area contributed by atoms with E-state index < -0.39 is 0 Å². The molecule has 1 rings (SSSR count). The Labute approximate surface area is 119 Å². The van der Waals surface area contributed by atoms with Gasteiger partial charge in [0.25, 0.3) is 0 Å². The third kappa shape index (κ3) is 5.75. The van der Waals surface area contributed by atoms with Crippen LogP contribution in [-0.4, -0.2) is 31.1 Å². The second kappa shape index (κ2) is 9.11. The molecule has 0 aliphatic carbocycles. The summed E-state index contributed by atoms with van der Waals surface area (Å²) in [5.41, 5.74) is 1.42. The minimum Gasteiger partial charge on any atom is -0.315 e. The molecule has 0 spiro atoms. The predicted octanol–water partition coefficient (Wildman–Crippen LogP) is 3.71. The number of hydrogen-bond donors (Lipinski definition) is 1. The van der Waals surface area contributed by atoms with Gasteiger partial charge < -0.3 is 5.32 Å². The molecule has 0 aliphatic rings. The molecule has 1 unspecified atom stereocenters. The van der Waals surface area contributed by atoms with Crippen molar-refractivity contribution in [1.82, 2.24) is 10.2 Å². The molecular formula is C17H30N2. The van der Waals surface area contributed by atoms with Gasteiger partial charge in [-0.3, -0.25) is 4.90 Å². The van der Waals surface area contributed by atoms with Crippen molar-refractivity contribution in [3.05, 3.63) is 35.9 Å². The number of benzene rings is 1. The quantitative estimate of drug-likeness (QED) is 0.683. The molecule has 0 aliphatic heterocycles. The van der Waals surface area contributed by atoms with Crippen LogP contribution in [-0.2, 0) is 0 Å². The minimum atomic E-state index is 0.486. The molecule has 19 heavy (non-hydrogen) atoms. The molecule has 1 N–H and O–H groups in total. The molecule has 0 amide bonds. The highest BCUT2D eigenvalue weighted by molar-refractivity contribution is 5.19. The van der Waals surface area contributed by atoms with Gasteiger partial charge in [-0.2, -0.15) is 0 Å². The molecule has 1 aromatic rings. The fraction of sp³-hybridized carbons (Fsp3) is 0.647. The zero-order valence-corrected chi connectivity index (χ0v) is 13.0. The topological polar surface area (TPSA) is 15.3 Å². The summed E-state index contributed by atoms with van der Waals surface area (Å²) in [5.74, 6) is 0.706. The lowest BCUT2D eigenvalue weighted by Gasteiger charge is -2.32. The maximum atomic E-state index is 3.58. The number of nitrogens with zero attached hydrogens (tertiary/aromatic N) is 1. The summed E-state index contributed by atoms with van der Waals surface area (Å²) in [6.07, 6.45) is 1.19. The number of rotatable bonds is 9. The average Bonchev–Trinajstić information content (AvgIpc) is 2.42. The van der Waals surface area contributed by atoms with Crippen LogP contribution in [0.15, 0.2) is 30.3 Å². The van der Waals surface area contributed by atoms with Crippen LogP contribution in [0.4, 0.5) is 0 Å². The summed E-state index contributed by atoms with van der Waals surface area (Å²) < 4.78 is 0. The summed E-state index contributed by atoms with van der Waals surface area (Å²) in [4.78, 5) is 2.59. The van der Waals surface area contributed by atoms with Crippen LogP contribution in [0.5, 0.6) is 0 Å². The van der Waals surface area contributed by atoms with Crippen molar-refractivity contribution < 1.29 is 0 Å². The van der Waals surface area contributed by atoms with Crippen LogP contribution >= 0.6 is 0 Å². The summed E-state index contributed by atoms with van der Waals surface area (Å²) in [6, 6.07) is 11.4. The monoisotopic (exact) mass is 262 g/mol. The first-order valence-electron chi connectivity index (χ1n) is 7.68. The van der Waals surface area contributed by atoms with Crippen LogP contribution in [0.2, 0.25) is 0 Å². The highest BCUT2D eigenvalue weighted by Gasteiger charge is 2.19. The van der Waals surface area contributed by atoms with Gasteiger partial charge in [0.15, 0.2) is 0 Å². The van der Waals surface area contributed by atoms with Gasteiger partial charge in [0, 0.05) is 19.1 Å². The first kappa shape index (κ1) is 16.2. The van der Waals surface area contributed by atoms with E-state index >= 15 is 0 Å². The molecule has 1 atom stereocenters. The van der Waals surface area contributed by atoms with Gasteiger partial charge in [-0.05, 0) is 31.0 Å². The van der Waals surface area contributed by atoms with E-state index in [2.05, 4.69) is 68.2 Å². The van der Waals surface area contributed by atoms with Crippen LogP contribution in [0.25, 0.3) is 0 Å². The average molecular weight is 262 g/mol. The van der Waals surface area contributed by atoms with E-state index in [4.69, 9.17) is 0 Å². The van der Waals surface area contributed by atoms with E-state index in [0.29, 0.717) is 12.0 Å². The Morgan fingerprint density at radius 3 is 2.32 bits per heavy atom. The Bertz CT molecular complexity index is 321. The maximum absolute atomic E-state index is 3.58. The zero-order valence-electron chi connectivity index (χ0n) is 13.0. The fourth-order valence-electron chi connectivity index (χ4n) is 2.49. The molecule has 0 saturated heterocycles. The second-order valence-corrected chi connectivity index (χ2v) is 5.61. The van der Waals surface area contributed by atoms with Gasteiger partial charge >= 0.3 is 0 Å². The highest BCUT2D eigenvalue weighted by atomic mass is 15.2. The zero-order chi connectivity index (χ0) is 14.1. The van der Waals surface area contributed by atoms with E-state index in [9.17, 15) is 0 Å². The molecule has 2 nitrogen and oxygen atoms in total. The standard InChI is InChI=1S/C17H30N2/c1-5-12-18-13-17(16-10-8-7-9-11-16)19(6-2)14-15(3)4/h7-11,15,17-18H,5-6,12-14H2,1-4H3. The van der Waals surface area contributed by atoms with Crippen molar-refractivity contribution in [2.24, 2.45) is 5.92 Å². The molecule has 0 bridgehead atoms. The molecule has 0 fully saturated rings. The third-order valence-electron chi connectivity index (χ3n) is 3.40. The summed E-state index contributed by atoms with van der Waals surface area (Å²) >= 11 is 0. The lowest BCUT2D eigenvalue weighted by molar-refractivity contribution is 0.181. The third-order valence-corrected chi connectivity index (χ3v) is 3.40. The van der Waals surface area contributed by atoms with Crippen molar-refractivity contribution in [1.29, 1.82) is 0 Å². The Morgan fingerprint density at radius 2 is 1.79 bits per heavy atom. The maximum Gasteiger partial charge on any atom is 0.0472 e. The van der Waals surface area contributed by atoms with Crippen molar-refractivity contribution >= 4 is 0 Å². The van der Waals surface area contributed by atoms with Gasteiger partial charge in [-0.25, -0.2) is 0 Å². The van der Waals surface area contributed by atoms with Gasteiger partial charge in [-0.1, -0.05) is 58.0 Å². The Balaban J connectivity index is 2.77. The minimum absolute atomic E-state index is 0.486. The van der Waals surface area contributed by atoms with Gasteiger partial charge in [0.05, 0.1) is 0 Å². The van der Waals surface area contributed by atoms with Crippen LogP contribution in [0.3, 0.4) is 0 Å². The first-order chi connectivity index (χ1) is 9.19. The van der Waals surface area contributed by atoms with Crippen LogP contribution in [0.1, 0.15) is 45.7 Å². The van der Waals surface area contributed by atoms with E-state index in [-0.39, 0.29) is 0 Å². The number of nitrogens with one attached hydrogen (secondary N) is 1. The van der Waals surface area contributed by atoms with Crippen LogP contribution < -0.4 is 5.32 Å².